The first-order valence-corrected chi connectivity index (χ1v) is 5.85. The van der Waals surface area contributed by atoms with Gasteiger partial charge in [-0.05, 0) is 36.7 Å². The van der Waals surface area contributed by atoms with Gasteiger partial charge < -0.3 is 5.32 Å². The summed E-state index contributed by atoms with van der Waals surface area (Å²) >= 11 is 11.6. The van der Waals surface area contributed by atoms with Crippen molar-refractivity contribution in [2.24, 2.45) is 0 Å². The van der Waals surface area contributed by atoms with Crippen molar-refractivity contribution in [3.8, 4) is 0 Å². The monoisotopic (exact) mass is 285 g/mol. The summed E-state index contributed by atoms with van der Waals surface area (Å²) in [5.41, 5.74) is 0.856. The third-order valence-corrected chi connectivity index (χ3v) is 2.50. The molecule has 0 heterocycles. The van der Waals surface area contributed by atoms with E-state index in [0.717, 1.165) is 5.56 Å². The molecule has 0 bridgehead atoms. The van der Waals surface area contributed by atoms with Crippen LogP contribution in [0.25, 0.3) is 0 Å². The molecule has 17 heavy (non-hydrogen) atoms. The van der Waals surface area contributed by atoms with E-state index in [1.54, 1.807) is 18.2 Å². The van der Waals surface area contributed by atoms with Crippen molar-refractivity contribution >= 4 is 23.2 Å². The molecule has 0 spiro atoms. The second-order valence-electron chi connectivity index (χ2n) is 3.67. The van der Waals surface area contributed by atoms with Crippen molar-refractivity contribution in [2.45, 2.75) is 25.6 Å². The van der Waals surface area contributed by atoms with Gasteiger partial charge in [0.05, 0.1) is 0 Å². The number of nitrogens with one attached hydrogen (secondary N) is 1. The molecule has 0 aliphatic heterocycles. The third-order valence-electron chi connectivity index (χ3n) is 2.07. The number of benzene rings is 1. The quantitative estimate of drug-likeness (QED) is 0.790. The van der Waals surface area contributed by atoms with Gasteiger partial charge in [-0.25, -0.2) is 0 Å². The van der Waals surface area contributed by atoms with Crippen molar-refractivity contribution in [3.05, 3.63) is 33.8 Å². The first-order chi connectivity index (χ1) is 7.87. The number of hydrogen-bond acceptors (Lipinski definition) is 1. The molecule has 1 aromatic rings. The maximum absolute atomic E-state index is 11.8. The highest BCUT2D eigenvalue weighted by Crippen LogP contribution is 2.21. The van der Waals surface area contributed by atoms with E-state index in [0.29, 0.717) is 23.1 Å². The van der Waals surface area contributed by atoms with Gasteiger partial charge in [0, 0.05) is 23.0 Å². The Morgan fingerprint density at radius 3 is 2.18 bits per heavy atom. The molecule has 0 saturated heterocycles. The van der Waals surface area contributed by atoms with E-state index in [9.17, 15) is 13.2 Å². The van der Waals surface area contributed by atoms with Crippen molar-refractivity contribution in [3.63, 3.8) is 0 Å². The van der Waals surface area contributed by atoms with Crippen LogP contribution in [-0.2, 0) is 6.54 Å². The number of halogens is 5. The smallest absolute Gasteiger partial charge is 0.313 e. The first-order valence-electron chi connectivity index (χ1n) is 5.09. The number of alkyl halides is 3. The average Bonchev–Trinajstić information content (AvgIpc) is 2.13. The molecule has 96 valence electrons. The first kappa shape index (κ1) is 14.6. The predicted octanol–water partition coefficient (Wildman–Crippen LogP) is 4.43. The molecule has 1 N–H and O–H groups in total. The average molecular weight is 286 g/mol. The van der Waals surface area contributed by atoms with Crippen LogP contribution in [0.1, 0.15) is 18.4 Å². The van der Waals surface area contributed by atoms with E-state index in [4.69, 9.17) is 23.2 Å². The molecule has 0 unspecified atom stereocenters. The highest BCUT2D eigenvalue weighted by Gasteiger charge is 2.25. The molecule has 0 radical (unpaired) electrons. The second-order valence-corrected chi connectivity index (χ2v) is 4.55. The lowest BCUT2D eigenvalue weighted by atomic mass is 10.2. The van der Waals surface area contributed by atoms with Crippen LogP contribution >= 0.6 is 23.2 Å². The molecule has 1 rings (SSSR count). The lowest BCUT2D eigenvalue weighted by Gasteiger charge is -2.08. The summed E-state index contributed by atoms with van der Waals surface area (Å²) in [6, 6.07) is 5.06. The van der Waals surface area contributed by atoms with Crippen molar-refractivity contribution < 1.29 is 13.2 Å². The highest BCUT2D eigenvalue weighted by atomic mass is 35.5. The fourth-order valence-electron chi connectivity index (χ4n) is 1.36. The van der Waals surface area contributed by atoms with Crippen LogP contribution in [0.4, 0.5) is 13.2 Å². The van der Waals surface area contributed by atoms with Gasteiger partial charge in [0.25, 0.3) is 0 Å². The van der Waals surface area contributed by atoms with Crippen LogP contribution in [0.15, 0.2) is 18.2 Å². The van der Waals surface area contributed by atoms with E-state index < -0.39 is 12.6 Å². The largest absolute Gasteiger partial charge is 0.389 e. The molecule has 0 amide bonds. The van der Waals surface area contributed by atoms with Crippen LogP contribution in [0.5, 0.6) is 0 Å². The lowest BCUT2D eigenvalue weighted by molar-refractivity contribution is -0.135. The van der Waals surface area contributed by atoms with Gasteiger partial charge in [-0.15, -0.1) is 0 Å². The van der Waals surface area contributed by atoms with Crippen LogP contribution in [0.2, 0.25) is 10.0 Å². The Balaban J connectivity index is 2.27. The van der Waals surface area contributed by atoms with E-state index in [2.05, 4.69) is 5.32 Å². The maximum Gasteiger partial charge on any atom is 0.389 e. The molecule has 0 fully saturated rings. The summed E-state index contributed by atoms with van der Waals surface area (Å²) in [6.07, 6.45) is -4.78. The highest BCUT2D eigenvalue weighted by molar-refractivity contribution is 6.34. The van der Waals surface area contributed by atoms with Gasteiger partial charge in [0.15, 0.2) is 0 Å². The van der Waals surface area contributed by atoms with Gasteiger partial charge in [-0.1, -0.05) is 23.2 Å². The SMILES string of the molecule is FC(F)(F)CCCNCc1cc(Cl)cc(Cl)c1. The van der Waals surface area contributed by atoms with Crippen molar-refractivity contribution in [1.82, 2.24) is 5.32 Å². The van der Waals surface area contributed by atoms with Crippen LogP contribution < -0.4 is 5.32 Å². The molecule has 0 saturated carbocycles. The minimum atomic E-state index is -4.08. The fraction of sp³-hybridized carbons (Fsp3) is 0.455. The zero-order valence-corrected chi connectivity index (χ0v) is 10.5. The summed E-state index contributed by atoms with van der Waals surface area (Å²) in [5, 5.41) is 3.95. The van der Waals surface area contributed by atoms with Crippen molar-refractivity contribution in [2.75, 3.05) is 6.54 Å². The second kappa shape index (κ2) is 6.47. The Kier molecular flexibility index (Phi) is 5.56. The summed E-state index contributed by atoms with van der Waals surface area (Å²) in [5.74, 6) is 0. The minimum Gasteiger partial charge on any atom is -0.313 e. The molecule has 1 nitrogen and oxygen atoms in total. The van der Waals surface area contributed by atoms with Gasteiger partial charge in [0.2, 0.25) is 0 Å². The van der Waals surface area contributed by atoms with E-state index in [-0.39, 0.29) is 6.42 Å². The fourth-order valence-corrected chi connectivity index (χ4v) is 1.93. The van der Waals surface area contributed by atoms with E-state index in [1.165, 1.54) is 0 Å². The van der Waals surface area contributed by atoms with Crippen molar-refractivity contribution in [1.29, 1.82) is 0 Å². The van der Waals surface area contributed by atoms with Gasteiger partial charge >= 0.3 is 6.18 Å². The Bertz CT molecular complexity index is 346. The molecule has 6 heteroatoms. The summed E-state index contributed by atoms with van der Waals surface area (Å²) in [6.45, 7) is 0.766. The minimum absolute atomic E-state index is 0.0673. The van der Waals surface area contributed by atoms with Crippen LogP contribution in [0.3, 0.4) is 0 Å². The zero-order chi connectivity index (χ0) is 12.9. The van der Waals surface area contributed by atoms with Gasteiger partial charge in [-0.2, -0.15) is 13.2 Å². The predicted molar refractivity (Wildman–Crippen MR) is 63.5 cm³/mol. The standard InChI is InChI=1S/C11H12Cl2F3N/c12-9-4-8(5-10(13)6-9)7-17-3-1-2-11(14,15)16/h4-6,17H,1-3,7H2. The Labute approximate surface area is 108 Å². The number of rotatable bonds is 5. The topological polar surface area (TPSA) is 12.0 Å². The normalized spacial score (nSPS) is 11.8. The molecule has 0 aliphatic carbocycles. The number of hydrogen-bond donors (Lipinski definition) is 1. The molecule has 0 atom stereocenters. The molecule has 0 aromatic heterocycles. The summed E-state index contributed by atoms with van der Waals surface area (Å²) in [4.78, 5) is 0. The summed E-state index contributed by atoms with van der Waals surface area (Å²) in [7, 11) is 0. The van der Waals surface area contributed by atoms with E-state index >= 15 is 0 Å². The van der Waals surface area contributed by atoms with Crippen LogP contribution in [0, 0.1) is 0 Å². The zero-order valence-electron chi connectivity index (χ0n) is 8.95. The Morgan fingerprint density at radius 1 is 1.06 bits per heavy atom. The molecule has 0 aliphatic rings. The lowest BCUT2D eigenvalue weighted by Crippen LogP contribution is -2.17. The summed E-state index contributed by atoms with van der Waals surface area (Å²) < 4.78 is 35.5. The van der Waals surface area contributed by atoms with E-state index in [1.807, 2.05) is 0 Å². The van der Waals surface area contributed by atoms with Gasteiger partial charge in [0.1, 0.15) is 0 Å². The maximum atomic E-state index is 11.8. The molecular formula is C11H12Cl2F3N. The van der Waals surface area contributed by atoms with Crippen LogP contribution in [-0.4, -0.2) is 12.7 Å². The third kappa shape index (κ3) is 6.76. The molecular weight excluding hydrogens is 274 g/mol. The Hall–Kier alpha value is -0.450. The Morgan fingerprint density at radius 2 is 1.65 bits per heavy atom. The molecule has 1 aromatic carbocycles. The van der Waals surface area contributed by atoms with Gasteiger partial charge in [-0.3, -0.25) is 0 Å².